The standard InChI is InChI=1S/C12H16N6O2/c1-7-13-9-8(11(19)14-7)15-12(20)10(16-9)18-5-3-17(2)4-6-18/h3-6H2,1-2H3,(H,15,20)(H,13,14,16,19). The molecule has 1 aliphatic rings. The molecule has 0 aromatic carbocycles. The summed E-state index contributed by atoms with van der Waals surface area (Å²) in [7, 11) is 2.04. The number of aromatic amines is 2. The molecule has 0 radical (unpaired) electrons. The molecule has 1 saturated heterocycles. The zero-order valence-electron chi connectivity index (χ0n) is 11.4. The minimum Gasteiger partial charge on any atom is -0.349 e. The minimum atomic E-state index is -0.373. The lowest BCUT2D eigenvalue weighted by Crippen LogP contribution is -2.46. The molecule has 1 aliphatic heterocycles. The first kappa shape index (κ1) is 12.8. The molecule has 0 saturated carbocycles. The highest BCUT2D eigenvalue weighted by atomic mass is 16.1. The van der Waals surface area contributed by atoms with Gasteiger partial charge < -0.3 is 19.8 Å². The smallest absolute Gasteiger partial charge is 0.291 e. The molecule has 0 amide bonds. The number of aromatic nitrogens is 4. The molecule has 2 N–H and O–H groups in total. The van der Waals surface area contributed by atoms with Gasteiger partial charge in [0.1, 0.15) is 5.82 Å². The van der Waals surface area contributed by atoms with Gasteiger partial charge in [0.15, 0.2) is 17.0 Å². The van der Waals surface area contributed by atoms with Crippen LogP contribution in [0.3, 0.4) is 0 Å². The van der Waals surface area contributed by atoms with Crippen molar-refractivity contribution >= 4 is 17.0 Å². The summed E-state index contributed by atoms with van der Waals surface area (Å²) in [5.74, 6) is 0.814. The molecule has 0 unspecified atom stereocenters. The van der Waals surface area contributed by atoms with Crippen molar-refractivity contribution < 1.29 is 0 Å². The SMILES string of the molecule is Cc1nc2nc(N3CCN(C)CC3)c(=O)[nH]c2c(=O)[nH]1. The first-order chi connectivity index (χ1) is 9.54. The summed E-state index contributed by atoms with van der Waals surface area (Å²) in [6.07, 6.45) is 0. The molecule has 106 valence electrons. The number of anilines is 1. The predicted octanol–water partition coefficient (Wildman–Crippen LogP) is -0.933. The first-order valence-corrected chi connectivity index (χ1v) is 6.49. The van der Waals surface area contributed by atoms with E-state index in [1.54, 1.807) is 6.92 Å². The summed E-state index contributed by atoms with van der Waals surface area (Å²) in [5.41, 5.74) is -0.321. The van der Waals surface area contributed by atoms with Crippen LogP contribution in [0.1, 0.15) is 5.82 Å². The van der Waals surface area contributed by atoms with E-state index in [4.69, 9.17) is 0 Å². The number of H-pyrrole nitrogens is 2. The third-order valence-electron chi connectivity index (χ3n) is 3.47. The van der Waals surface area contributed by atoms with Crippen molar-refractivity contribution in [3.05, 3.63) is 26.5 Å². The minimum absolute atomic E-state index is 0.124. The Morgan fingerprint density at radius 1 is 1.00 bits per heavy atom. The van der Waals surface area contributed by atoms with Crippen molar-refractivity contribution in [2.24, 2.45) is 0 Å². The Hall–Kier alpha value is -2.22. The van der Waals surface area contributed by atoms with Gasteiger partial charge in [-0.3, -0.25) is 9.59 Å². The third kappa shape index (κ3) is 2.18. The van der Waals surface area contributed by atoms with Crippen LogP contribution < -0.4 is 16.0 Å². The average Bonchev–Trinajstić information content (AvgIpc) is 2.40. The maximum atomic E-state index is 12.1. The lowest BCUT2D eigenvalue weighted by Gasteiger charge is -2.32. The van der Waals surface area contributed by atoms with Crippen LogP contribution in [0.4, 0.5) is 5.82 Å². The monoisotopic (exact) mass is 276 g/mol. The summed E-state index contributed by atoms with van der Waals surface area (Å²) >= 11 is 0. The lowest BCUT2D eigenvalue weighted by molar-refractivity contribution is 0.312. The molecule has 8 nitrogen and oxygen atoms in total. The predicted molar refractivity (Wildman–Crippen MR) is 75.2 cm³/mol. The fraction of sp³-hybridized carbons (Fsp3) is 0.500. The highest BCUT2D eigenvalue weighted by Crippen LogP contribution is 2.10. The van der Waals surface area contributed by atoms with Gasteiger partial charge in [0.2, 0.25) is 0 Å². The first-order valence-electron chi connectivity index (χ1n) is 6.49. The Balaban J connectivity index is 2.10. The van der Waals surface area contributed by atoms with Gasteiger partial charge in [0.05, 0.1) is 0 Å². The van der Waals surface area contributed by atoms with Crippen molar-refractivity contribution in [3.8, 4) is 0 Å². The molecule has 3 rings (SSSR count). The molecule has 1 fully saturated rings. The van der Waals surface area contributed by atoms with Crippen molar-refractivity contribution in [3.63, 3.8) is 0 Å². The zero-order valence-corrected chi connectivity index (χ0v) is 11.4. The number of rotatable bonds is 1. The van der Waals surface area contributed by atoms with Crippen LogP contribution in [0.25, 0.3) is 11.2 Å². The van der Waals surface area contributed by atoms with E-state index in [0.29, 0.717) is 11.6 Å². The molecule has 2 aromatic heterocycles. The lowest BCUT2D eigenvalue weighted by atomic mass is 10.3. The second-order valence-electron chi connectivity index (χ2n) is 5.03. The molecule has 0 aliphatic carbocycles. The summed E-state index contributed by atoms with van der Waals surface area (Å²) in [6, 6.07) is 0. The van der Waals surface area contributed by atoms with Gasteiger partial charge in [-0.25, -0.2) is 9.97 Å². The van der Waals surface area contributed by atoms with Gasteiger partial charge in [0, 0.05) is 26.2 Å². The van der Waals surface area contributed by atoms with Crippen LogP contribution in [0.15, 0.2) is 9.59 Å². The van der Waals surface area contributed by atoms with E-state index in [-0.39, 0.29) is 22.3 Å². The van der Waals surface area contributed by atoms with Gasteiger partial charge >= 0.3 is 0 Å². The van der Waals surface area contributed by atoms with Gasteiger partial charge in [0.25, 0.3) is 11.1 Å². The van der Waals surface area contributed by atoms with Gasteiger partial charge in [-0.05, 0) is 14.0 Å². The highest BCUT2D eigenvalue weighted by Gasteiger charge is 2.19. The highest BCUT2D eigenvalue weighted by molar-refractivity contribution is 5.70. The number of likely N-dealkylation sites (N-methyl/N-ethyl adjacent to an activating group) is 1. The van der Waals surface area contributed by atoms with Crippen molar-refractivity contribution in [1.29, 1.82) is 0 Å². The second-order valence-corrected chi connectivity index (χ2v) is 5.03. The molecule has 8 heteroatoms. The summed E-state index contributed by atoms with van der Waals surface area (Å²) < 4.78 is 0. The van der Waals surface area contributed by atoms with E-state index in [2.05, 4.69) is 24.8 Å². The van der Waals surface area contributed by atoms with E-state index < -0.39 is 0 Å². The normalized spacial score (nSPS) is 16.8. The third-order valence-corrected chi connectivity index (χ3v) is 3.47. The van der Waals surface area contributed by atoms with Crippen LogP contribution in [0, 0.1) is 6.92 Å². The van der Waals surface area contributed by atoms with Crippen LogP contribution >= 0.6 is 0 Å². The van der Waals surface area contributed by atoms with E-state index in [1.165, 1.54) is 0 Å². The van der Waals surface area contributed by atoms with Gasteiger partial charge in [-0.2, -0.15) is 0 Å². The summed E-state index contributed by atoms with van der Waals surface area (Å²) in [4.78, 5) is 41.6. The fourth-order valence-electron chi connectivity index (χ4n) is 2.32. The van der Waals surface area contributed by atoms with Crippen LogP contribution in [0.2, 0.25) is 0 Å². The molecular formula is C12H16N6O2. The summed E-state index contributed by atoms with van der Waals surface area (Å²) in [5, 5.41) is 0. The van der Waals surface area contributed by atoms with Crippen molar-refractivity contribution in [2.45, 2.75) is 6.92 Å². The molecular weight excluding hydrogens is 260 g/mol. The number of fused-ring (bicyclic) bond motifs is 1. The number of nitrogens with one attached hydrogen (secondary N) is 2. The van der Waals surface area contributed by atoms with Crippen molar-refractivity contribution in [1.82, 2.24) is 24.8 Å². The van der Waals surface area contributed by atoms with Crippen LogP contribution in [-0.4, -0.2) is 58.1 Å². The quantitative estimate of drug-likeness (QED) is 0.698. The molecule has 0 spiro atoms. The van der Waals surface area contributed by atoms with Crippen LogP contribution in [0.5, 0.6) is 0 Å². The summed E-state index contributed by atoms with van der Waals surface area (Å²) in [6.45, 7) is 4.91. The van der Waals surface area contributed by atoms with Crippen LogP contribution in [-0.2, 0) is 0 Å². The number of hydrogen-bond donors (Lipinski definition) is 2. The Morgan fingerprint density at radius 2 is 1.70 bits per heavy atom. The van der Waals surface area contributed by atoms with E-state index in [0.717, 1.165) is 26.2 Å². The largest absolute Gasteiger partial charge is 0.349 e. The van der Waals surface area contributed by atoms with Gasteiger partial charge in [-0.1, -0.05) is 0 Å². The molecule has 3 heterocycles. The Bertz CT molecular complexity index is 757. The molecule has 20 heavy (non-hydrogen) atoms. The molecule has 2 aromatic rings. The Kier molecular flexibility index (Phi) is 3.01. The van der Waals surface area contributed by atoms with E-state index >= 15 is 0 Å². The number of piperazine rings is 1. The Labute approximate surface area is 114 Å². The van der Waals surface area contributed by atoms with E-state index in [1.807, 2.05) is 11.9 Å². The average molecular weight is 276 g/mol. The van der Waals surface area contributed by atoms with Crippen molar-refractivity contribution in [2.75, 3.05) is 38.1 Å². The van der Waals surface area contributed by atoms with Gasteiger partial charge in [-0.15, -0.1) is 0 Å². The maximum Gasteiger partial charge on any atom is 0.291 e. The topological polar surface area (TPSA) is 98.0 Å². The number of nitrogens with zero attached hydrogens (tertiary/aromatic N) is 4. The second kappa shape index (κ2) is 4.71. The number of aryl methyl sites for hydroxylation is 1. The number of hydrogen-bond acceptors (Lipinski definition) is 6. The zero-order chi connectivity index (χ0) is 14.3. The Morgan fingerprint density at radius 3 is 2.40 bits per heavy atom. The fourth-order valence-corrected chi connectivity index (χ4v) is 2.32. The molecule has 0 atom stereocenters. The molecule has 0 bridgehead atoms. The maximum absolute atomic E-state index is 12.1. The van der Waals surface area contributed by atoms with E-state index in [9.17, 15) is 9.59 Å².